The average Bonchev–Trinajstić information content (AvgIpc) is 3.33. The molecule has 112 valence electrons. The Morgan fingerprint density at radius 1 is 1.33 bits per heavy atom. The average molecular weight is 288 g/mol. The zero-order chi connectivity index (χ0) is 14.4. The van der Waals surface area contributed by atoms with Crippen molar-refractivity contribution in [2.24, 2.45) is 5.92 Å². The summed E-state index contributed by atoms with van der Waals surface area (Å²) in [5.41, 5.74) is 2.75. The Labute approximate surface area is 124 Å². The summed E-state index contributed by atoms with van der Waals surface area (Å²) in [4.78, 5) is 14.8. The standard InChI is InChI=1S/C16H20N2O3/c1-17-12-5-6-14-13(9-12)16(20-7-2-8-21-16)15(19)18(14)10-11-3-4-11/h5-6,9,11,17H,2-4,7-8,10H2,1H3. The second-order valence-corrected chi connectivity index (χ2v) is 6.01. The van der Waals surface area contributed by atoms with E-state index >= 15 is 0 Å². The monoisotopic (exact) mass is 288 g/mol. The molecule has 2 fully saturated rings. The molecule has 0 radical (unpaired) electrons. The molecule has 1 aromatic rings. The number of carbonyl (C=O) groups excluding carboxylic acids is 1. The maximum absolute atomic E-state index is 13.0. The first-order valence-corrected chi connectivity index (χ1v) is 7.67. The molecular weight excluding hydrogens is 268 g/mol. The molecule has 5 heteroatoms. The molecule has 1 N–H and O–H groups in total. The summed E-state index contributed by atoms with van der Waals surface area (Å²) in [6, 6.07) is 5.97. The fourth-order valence-corrected chi connectivity index (χ4v) is 3.14. The van der Waals surface area contributed by atoms with Crippen LogP contribution in [-0.2, 0) is 20.1 Å². The number of hydrogen-bond donors (Lipinski definition) is 1. The van der Waals surface area contributed by atoms with E-state index in [1.54, 1.807) is 0 Å². The minimum Gasteiger partial charge on any atom is -0.388 e. The van der Waals surface area contributed by atoms with Gasteiger partial charge in [-0.2, -0.15) is 0 Å². The fraction of sp³-hybridized carbons (Fsp3) is 0.562. The highest BCUT2D eigenvalue weighted by molar-refractivity contribution is 6.06. The van der Waals surface area contributed by atoms with Crippen molar-refractivity contribution in [2.45, 2.75) is 25.0 Å². The molecular formula is C16H20N2O3. The molecule has 2 heterocycles. The maximum Gasteiger partial charge on any atom is 0.292 e. The van der Waals surface area contributed by atoms with Crippen molar-refractivity contribution in [3.05, 3.63) is 23.8 Å². The van der Waals surface area contributed by atoms with Crippen molar-refractivity contribution < 1.29 is 14.3 Å². The van der Waals surface area contributed by atoms with Crippen molar-refractivity contribution in [3.63, 3.8) is 0 Å². The SMILES string of the molecule is CNc1ccc2c(c1)C1(OCCCO1)C(=O)N2CC1CC1. The number of ether oxygens (including phenoxy) is 2. The quantitative estimate of drug-likeness (QED) is 0.925. The number of hydrogen-bond acceptors (Lipinski definition) is 4. The van der Waals surface area contributed by atoms with Crippen molar-refractivity contribution in [3.8, 4) is 0 Å². The zero-order valence-corrected chi connectivity index (χ0v) is 12.2. The second-order valence-electron chi connectivity index (χ2n) is 6.01. The third-order valence-corrected chi connectivity index (χ3v) is 4.49. The van der Waals surface area contributed by atoms with Gasteiger partial charge in [-0.3, -0.25) is 4.79 Å². The van der Waals surface area contributed by atoms with E-state index < -0.39 is 5.79 Å². The Morgan fingerprint density at radius 3 is 2.76 bits per heavy atom. The van der Waals surface area contributed by atoms with Crippen molar-refractivity contribution in [1.82, 2.24) is 0 Å². The van der Waals surface area contributed by atoms with Crippen LogP contribution in [0.2, 0.25) is 0 Å². The molecule has 1 amide bonds. The van der Waals surface area contributed by atoms with Crippen LogP contribution in [0, 0.1) is 5.92 Å². The fourth-order valence-electron chi connectivity index (χ4n) is 3.14. The topological polar surface area (TPSA) is 50.8 Å². The van der Waals surface area contributed by atoms with Gasteiger partial charge in [-0.25, -0.2) is 0 Å². The molecule has 4 rings (SSSR count). The lowest BCUT2D eigenvalue weighted by molar-refractivity contribution is -0.256. The molecule has 1 saturated heterocycles. The summed E-state index contributed by atoms with van der Waals surface area (Å²) >= 11 is 0. The van der Waals surface area contributed by atoms with Crippen LogP contribution in [0.25, 0.3) is 0 Å². The first-order chi connectivity index (χ1) is 10.2. The first kappa shape index (κ1) is 13.1. The van der Waals surface area contributed by atoms with E-state index in [0.717, 1.165) is 29.9 Å². The van der Waals surface area contributed by atoms with Crippen molar-refractivity contribution in [1.29, 1.82) is 0 Å². The minimum absolute atomic E-state index is 0.0580. The number of fused-ring (bicyclic) bond motifs is 2. The van der Waals surface area contributed by atoms with Gasteiger partial charge in [0.25, 0.3) is 11.7 Å². The highest BCUT2D eigenvalue weighted by Crippen LogP contribution is 2.47. The van der Waals surface area contributed by atoms with Crippen molar-refractivity contribution >= 4 is 17.3 Å². The van der Waals surface area contributed by atoms with Crippen molar-refractivity contribution in [2.75, 3.05) is 37.0 Å². The zero-order valence-electron chi connectivity index (χ0n) is 12.2. The van der Waals surface area contributed by atoms with E-state index in [1.165, 1.54) is 12.8 Å². The molecule has 1 aliphatic carbocycles. The van der Waals surface area contributed by atoms with Gasteiger partial charge in [0.2, 0.25) is 0 Å². The van der Waals surface area contributed by atoms with Gasteiger partial charge in [-0.15, -0.1) is 0 Å². The van der Waals surface area contributed by atoms with Crippen LogP contribution in [-0.4, -0.2) is 32.7 Å². The molecule has 1 spiro atoms. The van der Waals surface area contributed by atoms with Crippen LogP contribution >= 0.6 is 0 Å². The molecule has 5 nitrogen and oxygen atoms in total. The number of nitrogens with one attached hydrogen (secondary N) is 1. The smallest absolute Gasteiger partial charge is 0.292 e. The molecule has 0 bridgehead atoms. The third-order valence-electron chi connectivity index (χ3n) is 4.49. The van der Waals surface area contributed by atoms with E-state index in [2.05, 4.69) is 5.32 Å². The van der Waals surface area contributed by atoms with Crippen LogP contribution in [0.1, 0.15) is 24.8 Å². The number of rotatable bonds is 3. The summed E-state index contributed by atoms with van der Waals surface area (Å²) in [5.74, 6) is -0.642. The van der Waals surface area contributed by atoms with Gasteiger partial charge < -0.3 is 19.7 Å². The lowest BCUT2D eigenvalue weighted by Gasteiger charge is -2.32. The molecule has 0 atom stereocenters. The van der Waals surface area contributed by atoms with Crippen LogP contribution < -0.4 is 10.2 Å². The molecule has 0 aromatic heterocycles. The summed E-state index contributed by atoms with van der Waals surface area (Å²) in [6.45, 7) is 1.90. The Kier molecular flexibility index (Phi) is 2.94. The van der Waals surface area contributed by atoms with Gasteiger partial charge >= 0.3 is 0 Å². The Hall–Kier alpha value is -1.59. The van der Waals surface area contributed by atoms with E-state index in [-0.39, 0.29) is 5.91 Å². The highest BCUT2D eigenvalue weighted by atomic mass is 16.7. The van der Waals surface area contributed by atoms with E-state index in [9.17, 15) is 4.79 Å². The number of nitrogens with zero attached hydrogens (tertiary/aromatic N) is 1. The van der Waals surface area contributed by atoms with E-state index in [1.807, 2.05) is 30.1 Å². The normalized spacial score (nSPS) is 23.5. The molecule has 3 aliphatic rings. The van der Waals surface area contributed by atoms with Crippen LogP contribution in [0.3, 0.4) is 0 Å². The summed E-state index contributed by atoms with van der Waals surface area (Å²) < 4.78 is 11.7. The Morgan fingerprint density at radius 2 is 2.10 bits per heavy atom. The summed E-state index contributed by atoms with van der Waals surface area (Å²) in [6.07, 6.45) is 3.25. The van der Waals surface area contributed by atoms with Gasteiger partial charge in [0, 0.05) is 24.8 Å². The van der Waals surface area contributed by atoms with Crippen LogP contribution in [0.4, 0.5) is 11.4 Å². The van der Waals surface area contributed by atoms with Crippen LogP contribution in [0.15, 0.2) is 18.2 Å². The van der Waals surface area contributed by atoms with Gasteiger partial charge in [0.05, 0.1) is 18.9 Å². The number of anilines is 2. The lowest BCUT2D eigenvalue weighted by Crippen LogP contribution is -2.47. The Balaban J connectivity index is 1.79. The second kappa shape index (κ2) is 4.71. The van der Waals surface area contributed by atoms with Gasteiger partial charge in [0.15, 0.2) is 0 Å². The largest absolute Gasteiger partial charge is 0.388 e. The predicted molar refractivity (Wildman–Crippen MR) is 79.3 cm³/mol. The summed E-state index contributed by atoms with van der Waals surface area (Å²) in [5, 5.41) is 3.12. The van der Waals surface area contributed by atoms with Gasteiger partial charge in [-0.05, 0) is 43.4 Å². The molecule has 0 unspecified atom stereocenters. The highest BCUT2D eigenvalue weighted by Gasteiger charge is 2.55. The molecule has 2 aliphatic heterocycles. The Bertz CT molecular complexity index is 577. The number of benzene rings is 1. The van der Waals surface area contributed by atoms with Gasteiger partial charge in [0.1, 0.15) is 0 Å². The first-order valence-electron chi connectivity index (χ1n) is 7.67. The maximum atomic E-state index is 13.0. The third kappa shape index (κ3) is 1.95. The lowest BCUT2D eigenvalue weighted by atomic mass is 10.1. The van der Waals surface area contributed by atoms with Crippen LogP contribution in [0.5, 0.6) is 0 Å². The summed E-state index contributed by atoms with van der Waals surface area (Å²) in [7, 11) is 1.87. The molecule has 1 saturated carbocycles. The van der Waals surface area contributed by atoms with E-state index in [0.29, 0.717) is 19.1 Å². The number of amides is 1. The molecule has 21 heavy (non-hydrogen) atoms. The van der Waals surface area contributed by atoms with Gasteiger partial charge in [-0.1, -0.05) is 0 Å². The minimum atomic E-state index is -1.21. The number of carbonyl (C=O) groups is 1. The predicted octanol–water partition coefficient (Wildman–Crippen LogP) is 2.07. The molecule has 1 aromatic carbocycles. The van der Waals surface area contributed by atoms with E-state index in [4.69, 9.17) is 9.47 Å².